The number of hydrogen-bond donors (Lipinski definition) is 1. The van der Waals surface area contributed by atoms with Crippen molar-refractivity contribution in [1.29, 1.82) is 0 Å². The van der Waals surface area contributed by atoms with E-state index >= 15 is 0 Å². The number of para-hydroxylation sites is 1. The van der Waals surface area contributed by atoms with Gasteiger partial charge in [-0.15, -0.1) is 0 Å². The highest BCUT2D eigenvalue weighted by molar-refractivity contribution is 5.83. The Balaban J connectivity index is 1.55. The normalized spacial score (nSPS) is 26.0. The Labute approximate surface area is 137 Å². The molecule has 5 nitrogen and oxygen atoms in total. The number of methoxy groups -OCH3 is 1. The maximum atomic E-state index is 12.7. The lowest BCUT2D eigenvalue weighted by Crippen LogP contribution is -2.50. The van der Waals surface area contributed by atoms with Crippen LogP contribution >= 0.6 is 0 Å². The minimum Gasteiger partial charge on any atom is -0.496 e. The van der Waals surface area contributed by atoms with Crippen molar-refractivity contribution in [2.45, 2.75) is 25.4 Å². The first kappa shape index (κ1) is 16.3. The van der Waals surface area contributed by atoms with Crippen molar-refractivity contribution in [3.63, 3.8) is 0 Å². The molecule has 1 aliphatic heterocycles. The molecule has 1 N–H and O–H groups in total. The van der Waals surface area contributed by atoms with Crippen molar-refractivity contribution in [3.8, 4) is 5.75 Å². The van der Waals surface area contributed by atoms with Crippen molar-refractivity contribution in [3.05, 3.63) is 29.8 Å². The molecule has 1 aliphatic carbocycles. The molecule has 0 radical (unpaired) electrons. The van der Waals surface area contributed by atoms with Crippen LogP contribution in [-0.2, 0) is 4.79 Å². The average molecular weight is 318 g/mol. The molecule has 1 heterocycles. The minimum atomic E-state index is -0.310. The predicted octanol–water partition coefficient (Wildman–Crippen LogP) is 1.32. The number of hydrogen-bond acceptors (Lipinski definition) is 4. The number of aliphatic hydroxyl groups excluding tert-OH is 1. The van der Waals surface area contributed by atoms with Crippen LogP contribution in [0.2, 0.25) is 0 Å². The largest absolute Gasteiger partial charge is 0.496 e. The molecule has 3 rings (SSSR count). The molecule has 2 fully saturated rings. The Kier molecular flexibility index (Phi) is 4.87. The van der Waals surface area contributed by atoms with E-state index in [1.807, 2.05) is 23.1 Å². The van der Waals surface area contributed by atoms with Gasteiger partial charge in [-0.3, -0.25) is 9.69 Å². The minimum absolute atomic E-state index is 0.106. The molecule has 5 heteroatoms. The Morgan fingerprint density at radius 1 is 1.30 bits per heavy atom. The van der Waals surface area contributed by atoms with E-state index in [9.17, 15) is 9.90 Å². The highest BCUT2D eigenvalue weighted by atomic mass is 16.5. The third-order valence-corrected chi connectivity index (χ3v) is 4.85. The van der Waals surface area contributed by atoms with Crippen LogP contribution < -0.4 is 4.74 Å². The Hall–Kier alpha value is -1.59. The van der Waals surface area contributed by atoms with Crippen molar-refractivity contribution >= 4 is 5.91 Å². The van der Waals surface area contributed by atoms with E-state index in [-0.39, 0.29) is 17.9 Å². The second kappa shape index (κ2) is 6.89. The molecule has 1 amide bonds. The zero-order chi connectivity index (χ0) is 16.4. The maximum Gasteiger partial charge on any atom is 0.226 e. The van der Waals surface area contributed by atoms with E-state index < -0.39 is 0 Å². The topological polar surface area (TPSA) is 53.0 Å². The second-order valence-corrected chi connectivity index (χ2v) is 6.67. The van der Waals surface area contributed by atoms with Gasteiger partial charge in [0.25, 0.3) is 0 Å². The third-order valence-electron chi connectivity index (χ3n) is 4.85. The van der Waals surface area contributed by atoms with E-state index in [1.54, 1.807) is 14.0 Å². The van der Waals surface area contributed by atoms with Crippen LogP contribution in [0.4, 0.5) is 0 Å². The summed E-state index contributed by atoms with van der Waals surface area (Å²) >= 11 is 0. The highest BCUT2D eigenvalue weighted by Gasteiger charge is 2.47. The number of aliphatic hydroxyl groups is 1. The number of carbonyl (C=O) groups is 1. The predicted molar refractivity (Wildman–Crippen MR) is 88.5 cm³/mol. The average Bonchev–Trinajstić information content (AvgIpc) is 3.35. The molecule has 126 valence electrons. The fourth-order valence-electron chi connectivity index (χ4n) is 3.54. The monoisotopic (exact) mass is 318 g/mol. The molecular weight excluding hydrogens is 292 g/mol. The van der Waals surface area contributed by atoms with Gasteiger partial charge in [0.15, 0.2) is 0 Å². The van der Waals surface area contributed by atoms with Crippen LogP contribution in [0.25, 0.3) is 0 Å². The summed E-state index contributed by atoms with van der Waals surface area (Å²) < 4.78 is 5.42. The number of β-amino-alcohol motifs (C(OH)–C–C–N with tert-alkyl or cyclic N) is 1. The molecule has 0 aromatic heterocycles. The van der Waals surface area contributed by atoms with E-state index in [1.165, 1.54) is 0 Å². The first-order valence-corrected chi connectivity index (χ1v) is 8.42. The summed E-state index contributed by atoms with van der Waals surface area (Å²) in [6, 6.07) is 8.00. The number of piperazine rings is 1. The van der Waals surface area contributed by atoms with Crippen LogP contribution in [0.3, 0.4) is 0 Å². The summed E-state index contributed by atoms with van der Waals surface area (Å²) in [5, 5.41) is 9.45. The molecule has 23 heavy (non-hydrogen) atoms. The van der Waals surface area contributed by atoms with E-state index in [4.69, 9.17) is 4.74 Å². The van der Waals surface area contributed by atoms with Gasteiger partial charge in [-0.25, -0.2) is 0 Å². The summed E-state index contributed by atoms with van der Waals surface area (Å²) in [4.78, 5) is 16.9. The number of carbonyl (C=O) groups excluding carboxylic acids is 1. The first-order chi connectivity index (χ1) is 11.1. The number of rotatable bonds is 5. The molecule has 1 saturated heterocycles. The van der Waals surface area contributed by atoms with Crippen LogP contribution in [0.5, 0.6) is 5.75 Å². The highest BCUT2D eigenvalue weighted by Crippen LogP contribution is 2.51. The van der Waals surface area contributed by atoms with Gasteiger partial charge in [-0.2, -0.15) is 0 Å². The van der Waals surface area contributed by atoms with Gasteiger partial charge in [0.2, 0.25) is 5.91 Å². The van der Waals surface area contributed by atoms with Crippen molar-refractivity contribution in [2.75, 3.05) is 39.8 Å². The number of ether oxygens (including phenoxy) is 1. The van der Waals surface area contributed by atoms with Crippen molar-refractivity contribution in [1.82, 2.24) is 9.80 Å². The van der Waals surface area contributed by atoms with Gasteiger partial charge in [-0.1, -0.05) is 18.2 Å². The summed E-state index contributed by atoms with van der Waals surface area (Å²) in [6.07, 6.45) is 0.614. The van der Waals surface area contributed by atoms with Gasteiger partial charge in [0.05, 0.1) is 13.2 Å². The van der Waals surface area contributed by atoms with Crippen molar-refractivity contribution < 1.29 is 14.6 Å². The zero-order valence-corrected chi connectivity index (χ0v) is 13.9. The maximum absolute atomic E-state index is 12.7. The third kappa shape index (κ3) is 3.67. The summed E-state index contributed by atoms with van der Waals surface area (Å²) in [6.45, 7) is 5.72. The number of amides is 1. The van der Waals surface area contributed by atoms with Crippen LogP contribution in [0.1, 0.15) is 24.8 Å². The molecule has 3 atom stereocenters. The molecule has 0 spiro atoms. The van der Waals surface area contributed by atoms with Gasteiger partial charge in [0, 0.05) is 38.6 Å². The first-order valence-electron chi connectivity index (χ1n) is 8.42. The lowest BCUT2D eigenvalue weighted by atomic mass is 10.1. The Bertz CT molecular complexity index is 553. The zero-order valence-electron chi connectivity index (χ0n) is 13.9. The quantitative estimate of drug-likeness (QED) is 0.890. The van der Waals surface area contributed by atoms with E-state index in [0.29, 0.717) is 12.5 Å². The van der Waals surface area contributed by atoms with Crippen molar-refractivity contribution in [2.24, 2.45) is 5.92 Å². The lowest BCUT2D eigenvalue weighted by Gasteiger charge is -2.35. The Morgan fingerprint density at radius 3 is 2.65 bits per heavy atom. The molecular formula is C18H26N2O3. The molecule has 0 bridgehead atoms. The van der Waals surface area contributed by atoms with Crippen LogP contribution in [0, 0.1) is 5.92 Å². The van der Waals surface area contributed by atoms with Gasteiger partial charge in [-0.05, 0) is 30.9 Å². The van der Waals surface area contributed by atoms with Gasteiger partial charge >= 0.3 is 0 Å². The molecule has 1 aromatic carbocycles. The number of benzene rings is 1. The van der Waals surface area contributed by atoms with Gasteiger partial charge < -0.3 is 14.7 Å². The second-order valence-electron chi connectivity index (χ2n) is 6.67. The summed E-state index contributed by atoms with van der Waals surface area (Å²) in [5.74, 6) is 1.57. The fourth-order valence-corrected chi connectivity index (χ4v) is 3.54. The van der Waals surface area contributed by atoms with E-state index in [0.717, 1.165) is 43.9 Å². The molecule has 2 aliphatic rings. The van der Waals surface area contributed by atoms with Crippen LogP contribution in [-0.4, -0.2) is 66.8 Å². The standard InChI is InChI=1S/C18H26N2O3/c1-13(21)12-19-7-9-20(10-8-19)18(22)16-11-15(16)14-5-3-4-6-17(14)23-2/h3-6,13,15-16,21H,7-12H2,1-2H3/t13-,15-,16+/m0/s1. The lowest BCUT2D eigenvalue weighted by molar-refractivity contribution is -0.134. The van der Waals surface area contributed by atoms with E-state index in [2.05, 4.69) is 11.0 Å². The smallest absolute Gasteiger partial charge is 0.226 e. The number of nitrogens with zero attached hydrogens (tertiary/aromatic N) is 2. The van der Waals surface area contributed by atoms with Crippen LogP contribution in [0.15, 0.2) is 24.3 Å². The molecule has 0 unspecified atom stereocenters. The Morgan fingerprint density at radius 2 is 2.00 bits per heavy atom. The molecule has 1 aromatic rings. The SMILES string of the molecule is COc1ccccc1[C@@H]1C[C@H]1C(=O)N1CCN(C[C@H](C)O)CC1. The summed E-state index contributed by atoms with van der Waals surface area (Å²) in [5.41, 5.74) is 1.15. The summed E-state index contributed by atoms with van der Waals surface area (Å²) in [7, 11) is 1.68. The van der Waals surface area contributed by atoms with Gasteiger partial charge in [0.1, 0.15) is 5.75 Å². The fraction of sp³-hybridized carbons (Fsp3) is 0.611. The molecule has 1 saturated carbocycles.